The number of carbonyl (C=O) groups is 1. The molecule has 2 N–H and O–H groups in total. The Morgan fingerprint density at radius 3 is 3.00 bits per heavy atom. The van der Waals surface area contributed by atoms with E-state index in [-0.39, 0.29) is 0 Å². The second-order valence-electron chi connectivity index (χ2n) is 3.50. The molecule has 1 fully saturated rings. The van der Waals surface area contributed by atoms with Crippen molar-refractivity contribution < 1.29 is 9.90 Å². The zero-order chi connectivity index (χ0) is 8.81. The molecule has 1 aliphatic rings. The second kappa shape index (κ2) is 5.14. The predicted molar refractivity (Wildman–Crippen MR) is 47.1 cm³/mol. The molecule has 0 aromatic rings. The van der Waals surface area contributed by atoms with E-state index in [1.165, 1.54) is 12.8 Å². The van der Waals surface area contributed by atoms with Crippen molar-refractivity contribution in [2.75, 3.05) is 13.1 Å². The van der Waals surface area contributed by atoms with Gasteiger partial charge in [-0.3, -0.25) is 4.79 Å². The van der Waals surface area contributed by atoms with Gasteiger partial charge in [0, 0.05) is 6.42 Å². The lowest BCUT2D eigenvalue weighted by molar-refractivity contribution is -0.137. The number of nitrogens with one attached hydrogen (secondary N) is 1. The number of carboxylic acid groups (broad SMARTS) is 1. The summed E-state index contributed by atoms with van der Waals surface area (Å²) >= 11 is 0. The van der Waals surface area contributed by atoms with Crippen molar-refractivity contribution in [1.82, 2.24) is 5.32 Å². The number of piperidine rings is 1. The maximum Gasteiger partial charge on any atom is 0.303 e. The number of hydrogen-bond acceptors (Lipinski definition) is 2. The van der Waals surface area contributed by atoms with Gasteiger partial charge in [0.05, 0.1) is 0 Å². The van der Waals surface area contributed by atoms with Crippen LogP contribution in [0.15, 0.2) is 0 Å². The first-order valence-corrected chi connectivity index (χ1v) is 4.71. The summed E-state index contributed by atoms with van der Waals surface area (Å²) in [6, 6.07) is 0. The molecule has 0 bridgehead atoms. The van der Waals surface area contributed by atoms with E-state index in [1.54, 1.807) is 0 Å². The SMILES string of the molecule is O=C(O)CCCC1CCCNC1. The van der Waals surface area contributed by atoms with Gasteiger partial charge in [-0.15, -0.1) is 0 Å². The van der Waals surface area contributed by atoms with Gasteiger partial charge in [-0.25, -0.2) is 0 Å². The first-order chi connectivity index (χ1) is 5.79. The van der Waals surface area contributed by atoms with Crippen molar-refractivity contribution in [1.29, 1.82) is 0 Å². The Balaban J connectivity index is 2.01. The fraction of sp³-hybridized carbons (Fsp3) is 0.889. The van der Waals surface area contributed by atoms with Gasteiger partial charge < -0.3 is 10.4 Å². The summed E-state index contributed by atoms with van der Waals surface area (Å²) in [6.07, 6.45) is 4.75. The summed E-state index contributed by atoms with van der Waals surface area (Å²) in [5.41, 5.74) is 0. The van der Waals surface area contributed by atoms with E-state index in [0.717, 1.165) is 31.8 Å². The largest absolute Gasteiger partial charge is 0.481 e. The lowest BCUT2D eigenvalue weighted by Crippen LogP contribution is -2.29. The van der Waals surface area contributed by atoms with E-state index in [0.29, 0.717) is 6.42 Å². The van der Waals surface area contributed by atoms with Crippen molar-refractivity contribution in [2.24, 2.45) is 5.92 Å². The highest BCUT2D eigenvalue weighted by Crippen LogP contribution is 2.16. The third-order valence-electron chi connectivity index (χ3n) is 2.40. The fourth-order valence-electron chi connectivity index (χ4n) is 1.71. The van der Waals surface area contributed by atoms with Crippen molar-refractivity contribution in [2.45, 2.75) is 32.1 Å². The van der Waals surface area contributed by atoms with Crippen LogP contribution in [0.5, 0.6) is 0 Å². The molecule has 1 atom stereocenters. The van der Waals surface area contributed by atoms with Crippen LogP contribution < -0.4 is 5.32 Å². The standard InChI is InChI=1S/C9H17NO2/c11-9(12)5-1-3-8-4-2-6-10-7-8/h8,10H,1-7H2,(H,11,12). The zero-order valence-electron chi connectivity index (χ0n) is 7.38. The van der Waals surface area contributed by atoms with Crippen LogP contribution in [0.25, 0.3) is 0 Å². The summed E-state index contributed by atoms with van der Waals surface area (Å²) in [5.74, 6) is 0.0527. The van der Waals surface area contributed by atoms with E-state index in [1.807, 2.05) is 0 Å². The summed E-state index contributed by atoms with van der Waals surface area (Å²) in [7, 11) is 0. The molecule has 1 rings (SSSR count). The fourth-order valence-corrected chi connectivity index (χ4v) is 1.71. The first-order valence-electron chi connectivity index (χ1n) is 4.71. The van der Waals surface area contributed by atoms with Gasteiger partial charge in [-0.2, -0.15) is 0 Å². The molecule has 1 aliphatic heterocycles. The molecule has 1 unspecified atom stereocenters. The van der Waals surface area contributed by atoms with Gasteiger partial charge >= 0.3 is 5.97 Å². The Labute approximate surface area is 73.2 Å². The number of aliphatic carboxylic acids is 1. The minimum absolute atomic E-state index is 0.330. The Hall–Kier alpha value is -0.570. The van der Waals surface area contributed by atoms with Crippen molar-refractivity contribution in [3.8, 4) is 0 Å². The molecule has 3 nitrogen and oxygen atoms in total. The minimum Gasteiger partial charge on any atom is -0.481 e. The average molecular weight is 171 g/mol. The lowest BCUT2D eigenvalue weighted by Gasteiger charge is -2.22. The zero-order valence-corrected chi connectivity index (χ0v) is 7.38. The first kappa shape index (κ1) is 9.52. The van der Waals surface area contributed by atoms with E-state index >= 15 is 0 Å². The highest BCUT2D eigenvalue weighted by Gasteiger charge is 2.12. The van der Waals surface area contributed by atoms with Gasteiger partial charge in [-0.1, -0.05) is 0 Å². The van der Waals surface area contributed by atoms with Crippen molar-refractivity contribution in [3.63, 3.8) is 0 Å². The number of hydrogen-bond donors (Lipinski definition) is 2. The van der Waals surface area contributed by atoms with E-state index in [2.05, 4.69) is 5.32 Å². The monoisotopic (exact) mass is 171 g/mol. The van der Waals surface area contributed by atoms with Crippen LogP contribution in [-0.2, 0) is 4.79 Å². The molecule has 0 saturated carbocycles. The molecule has 0 aromatic heterocycles. The molecule has 1 heterocycles. The van der Waals surface area contributed by atoms with Gasteiger partial charge in [-0.05, 0) is 44.7 Å². The molecule has 0 amide bonds. The average Bonchev–Trinajstić information content (AvgIpc) is 2.05. The Bertz CT molecular complexity index is 141. The van der Waals surface area contributed by atoms with Crippen LogP contribution in [0.3, 0.4) is 0 Å². The Kier molecular flexibility index (Phi) is 4.08. The van der Waals surface area contributed by atoms with Gasteiger partial charge in [0.1, 0.15) is 0 Å². The van der Waals surface area contributed by atoms with E-state index in [9.17, 15) is 4.79 Å². The van der Waals surface area contributed by atoms with Crippen molar-refractivity contribution >= 4 is 5.97 Å². The summed E-state index contributed by atoms with van der Waals surface area (Å²) in [5, 5.41) is 11.8. The summed E-state index contributed by atoms with van der Waals surface area (Å²) in [4.78, 5) is 10.2. The lowest BCUT2D eigenvalue weighted by atomic mass is 9.94. The van der Waals surface area contributed by atoms with Crippen LogP contribution in [0.1, 0.15) is 32.1 Å². The summed E-state index contributed by atoms with van der Waals surface area (Å²) in [6.45, 7) is 2.22. The maximum atomic E-state index is 10.2. The van der Waals surface area contributed by atoms with Gasteiger partial charge in [0.15, 0.2) is 0 Å². The number of carboxylic acids is 1. The molecule has 70 valence electrons. The minimum atomic E-state index is -0.668. The molecule has 0 aliphatic carbocycles. The Morgan fingerprint density at radius 1 is 1.58 bits per heavy atom. The number of rotatable bonds is 4. The highest BCUT2D eigenvalue weighted by atomic mass is 16.4. The van der Waals surface area contributed by atoms with Gasteiger partial charge in [0.25, 0.3) is 0 Å². The molecule has 1 saturated heterocycles. The van der Waals surface area contributed by atoms with E-state index < -0.39 is 5.97 Å². The Morgan fingerprint density at radius 2 is 2.42 bits per heavy atom. The molecule has 0 aromatic carbocycles. The predicted octanol–water partition coefficient (Wildman–Crippen LogP) is 1.24. The molecule has 0 radical (unpaired) electrons. The third-order valence-corrected chi connectivity index (χ3v) is 2.40. The molecule has 12 heavy (non-hydrogen) atoms. The topological polar surface area (TPSA) is 49.3 Å². The summed E-state index contributed by atoms with van der Waals surface area (Å²) < 4.78 is 0. The molecular weight excluding hydrogens is 154 g/mol. The van der Waals surface area contributed by atoms with Crippen LogP contribution in [0, 0.1) is 5.92 Å². The molecule has 3 heteroatoms. The highest BCUT2D eigenvalue weighted by molar-refractivity contribution is 5.66. The smallest absolute Gasteiger partial charge is 0.303 e. The van der Waals surface area contributed by atoms with Crippen molar-refractivity contribution in [3.05, 3.63) is 0 Å². The third kappa shape index (κ3) is 3.72. The molecule has 0 spiro atoms. The van der Waals surface area contributed by atoms with Crippen LogP contribution in [0.4, 0.5) is 0 Å². The van der Waals surface area contributed by atoms with Crippen LogP contribution in [0.2, 0.25) is 0 Å². The quantitative estimate of drug-likeness (QED) is 0.669. The van der Waals surface area contributed by atoms with Gasteiger partial charge in [0.2, 0.25) is 0 Å². The van der Waals surface area contributed by atoms with Crippen LogP contribution >= 0.6 is 0 Å². The maximum absolute atomic E-state index is 10.2. The van der Waals surface area contributed by atoms with Crippen LogP contribution in [-0.4, -0.2) is 24.2 Å². The normalized spacial score (nSPS) is 23.8. The van der Waals surface area contributed by atoms with E-state index in [4.69, 9.17) is 5.11 Å². The molecular formula is C9H17NO2. The second-order valence-corrected chi connectivity index (χ2v) is 3.50.